The molecule has 2 aromatic rings. The van der Waals surface area contributed by atoms with Crippen molar-refractivity contribution in [3.05, 3.63) is 48.3 Å². The number of likely N-dealkylation sites (N-methyl/N-ethyl adjacent to an activating group) is 1. The predicted octanol–water partition coefficient (Wildman–Crippen LogP) is 1.97. The Kier molecular flexibility index (Phi) is 5.27. The molecule has 0 saturated carbocycles. The molecule has 0 aliphatic carbocycles. The minimum absolute atomic E-state index is 0.0738. The highest BCUT2D eigenvalue weighted by Gasteiger charge is 2.10. The fourth-order valence-corrected chi connectivity index (χ4v) is 1.94. The monoisotopic (exact) mass is 304 g/mol. The van der Waals surface area contributed by atoms with Crippen LogP contribution in [0.1, 0.15) is 19.4 Å². The van der Waals surface area contributed by atoms with Crippen molar-refractivity contribution >= 4 is 5.91 Å². The average molecular weight is 304 g/mol. The van der Waals surface area contributed by atoms with Gasteiger partial charge in [-0.2, -0.15) is 0 Å². The molecule has 6 heteroatoms. The number of aromatic nitrogens is 2. The van der Waals surface area contributed by atoms with Crippen LogP contribution in [0.3, 0.4) is 0 Å². The first kappa shape index (κ1) is 16.2. The molecule has 0 aliphatic rings. The van der Waals surface area contributed by atoms with Crippen LogP contribution >= 0.6 is 0 Å². The Morgan fingerprint density at radius 1 is 1.45 bits per heavy atom. The van der Waals surface area contributed by atoms with Gasteiger partial charge in [0.1, 0.15) is 5.82 Å². The Morgan fingerprint density at radius 2 is 2.23 bits per heavy atom. The number of imidazole rings is 1. The normalized spacial score (nSPS) is 11.2. The molecule has 0 fully saturated rings. The number of nitrogens with zero attached hydrogens (tertiary/aromatic N) is 3. The van der Waals surface area contributed by atoms with E-state index in [4.69, 9.17) is 0 Å². The highest BCUT2D eigenvalue weighted by atomic mass is 19.1. The van der Waals surface area contributed by atoms with Gasteiger partial charge in [0.05, 0.1) is 18.6 Å². The van der Waals surface area contributed by atoms with E-state index in [9.17, 15) is 9.18 Å². The molecule has 1 amide bonds. The van der Waals surface area contributed by atoms with Crippen molar-refractivity contribution in [2.75, 3.05) is 13.6 Å². The highest BCUT2D eigenvalue weighted by molar-refractivity contribution is 5.78. The Balaban J connectivity index is 1.94. The Labute approximate surface area is 129 Å². The summed E-state index contributed by atoms with van der Waals surface area (Å²) in [6, 6.07) is 5.21. The first-order chi connectivity index (χ1) is 10.5. The van der Waals surface area contributed by atoms with Crippen molar-refractivity contribution in [3.63, 3.8) is 0 Å². The molecular formula is C16H21FN4O. The summed E-state index contributed by atoms with van der Waals surface area (Å²) in [5.74, 6) is -0.417. The van der Waals surface area contributed by atoms with Crippen molar-refractivity contribution in [1.29, 1.82) is 0 Å². The van der Waals surface area contributed by atoms with E-state index in [1.165, 1.54) is 6.07 Å². The number of halogens is 1. The van der Waals surface area contributed by atoms with Crippen molar-refractivity contribution in [3.8, 4) is 5.69 Å². The summed E-state index contributed by atoms with van der Waals surface area (Å²) in [5, 5.41) is 2.80. The van der Waals surface area contributed by atoms with Crippen LogP contribution in [0, 0.1) is 5.82 Å². The zero-order valence-electron chi connectivity index (χ0n) is 13.1. The van der Waals surface area contributed by atoms with Crippen molar-refractivity contribution in [2.24, 2.45) is 0 Å². The van der Waals surface area contributed by atoms with E-state index >= 15 is 0 Å². The van der Waals surface area contributed by atoms with Crippen molar-refractivity contribution < 1.29 is 9.18 Å². The SMILES string of the molecule is CC(C)N(C)CC(=O)NCc1ccc(-n2ccnc2)c(F)c1. The van der Waals surface area contributed by atoms with Gasteiger partial charge < -0.3 is 9.88 Å². The number of carbonyl (C=O) groups is 1. The van der Waals surface area contributed by atoms with Crippen LogP contribution in [0.4, 0.5) is 4.39 Å². The smallest absolute Gasteiger partial charge is 0.234 e. The first-order valence-corrected chi connectivity index (χ1v) is 7.21. The summed E-state index contributed by atoms with van der Waals surface area (Å²) >= 11 is 0. The summed E-state index contributed by atoms with van der Waals surface area (Å²) in [6.45, 7) is 4.69. The molecule has 1 aromatic heterocycles. The lowest BCUT2D eigenvalue weighted by Gasteiger charge is -2.20. The maximum atomic E-state index is 14.1. The van der Waals surface area contributed by atoms with Gasteiger partial charge in [-0.25, -0.2) is 9.37 Å². The molecular weight excluding hydrogens is 283 g/mol. The zero-order chi connectivity index (χ0) is 16.1. The van der Waals surface area contributed by atoms with Gasteiger partial charge in [-0.15, -0.1) is 0 Å². The molecule has 0 saturated heterocycles. The molecule has 0 radical (unpaired) electrons. The molecule has 1 heterocycles. The third-order valence-electron chi connectivity index (χ3n) is 3.56. The van der Waals surface area contributed by atoms with E-state index in [1.54, 1.807) is 35.4 Å². The summed E-state index contributed by atoms with van der Waals surface area (Å²) in [5.41, 5.74) is 1.16. The molecule has 1 aromatic carbocycles. The minimum atomic E-state index is -0.343. The number of amides is 1. The third kappa shape index (κ3) is 4.14. The topological polar surface area (TPSA) is 50.2 Å². The van der Waals surface area contributed by atoms with Gasteiger partial charge in [0.2, 0.25) is 5.91 Å². The molecule has 0 aliphatic heterocycles. The zero-order valence-corrected chi connectivity index (χ0v) is 13.1. The fraction of sp³-hybridized carbons (Fsp3) is 0.375. The number of hydrogen-bond donors (Lipinski definition) is 1. The van der Waals surface area contributed by atoms with Gasteiger partial charge in [0.25, 0.3) is 0 Å². The van der Waals surface area contributed by atoms with Crippen LogP contribution < -0.4 is 5.32 Å². The lowest BCUT2D eigenvalue weighted by atomic mass is 10.2. The van der Waals surface area contributed by atoms with Gasteiger partial charge in [-0.3, -0.25) is 9.69 Å². The molecule has 1 N–H and O–H groups in total. The van der Waals surface area contributed by atoms with Crippen LogP contribution in [0.2, 0.25) is 0 Å². The van der Waals surface area contributed by atoms with Crippen molar-refractivity contribution in [1.82, 2.24) is 19.8 Å². The van der Waals surface area contributed by atoms with E-state index in [-0.39, 0.29) is 11.7 Å². The molecule has 0 spiro atoms. The first-order valence-electron chi connectivity index (χ1n) is 7.21. The molecule has 0 unspecified atom stereocenters. The Bertz CT molecular complexity index is 625. The van der Waals surface area contributed by atoms with Crippen LogP contribution in [-0.2, 0) is 11.3 Å². The average Bonchev–Trinajstić information content (AvgIpc) is 2.99. The summed E-state index contributed by atoms with van der Waals surface area (Å²) in [4.78, 5) is 17.7. The standard InChI is InChI=1S/C16H21FN4O/c1-12(2)20(3)10-16(22)19-9-13-4-5-15(14(17)8-13)21-7-6-18-11-21/h4-8,11-12H,9-10H2,1-3H3,(H,19,22). The number of carbonyl (C=O) groups excluding carboxylic acids is 1. The maximum Gasteiger partial charge on any atom is 0.234 e. The second kappa shape index (κ2) is 7.17. The van der Waals surface area contributed by atoms with E-state index < -0.39 is 0 Å². The van der Waals surface area contributed by atoms with Crippen LogP contribution in [0.25, 0.3) is 5.69 Å². The number of nitrogens with one attached hydrogen (secondary N) is 1. The maximum absolute atomic E-state index is 14.1. The van der Waals surface area contributed by atoms with Crippen LogP contribution in [0.5, 0.6) is 0 Å². The van der Waals surface area contributed by atoms with Gasteiger partial charge in [-0.1, -0.05) is 6.07 Å². The summed E-state index contributed by atoms with van der Waals surface area (Å²) in [7, 11) is 1.89. The number of hydrogen-bond acceptors (Lipinski definition) is 3. The lowest BCUT2D eigenvalue weighted by molar-refractivity contribution is -0.122. The van der Waals surface area contributed by atoms with E-state index in [0.717, 1.165) is 5.56 Å². The van der Waals surface area contributed by atoms with Gasteiger partial charge in [0.15, 0.2) is 0 Å². The molecule has 0 bridgehead atoms. The second-order valence-corrected chi connectivity index (χ2v) is 5.54. The molecule has 22 heavy (non-hydrogen) atoms. The number of rotatable bonds is 6. The molecule has 118 valence electrons. The van der Waals surface area contributed by atoms with E-state index in [0.29, 0.717) is 24.8 Å². The molecule has 0 atom stereocenters. The fourth-order valence-electron chi connectivity index (χ4n) is 1.94. The Morgan fingerprint density at radius 3 is 2.82 bits per heavy atom. The number of benzene rings is 1. The van der Waals surface area contributed by atoms with E-state index in [2.05, 4.69) is 10.3 Å². The van der Waals surface area contributed by atoms with Gasteiger partial charge in [0, 0.05) is 25.0 Å². The summed E-state index contributed by atoms with van der Waals surface area (Å²) < 4.78 is 15.7. The largest absolute Gasteiger partial charge is 0.351 e. The van der Waals surface area contributed by atoms with E-state index in [1.807, 2.05) is 25.8 Å². The van der Waals surface area contributed by atoms with Crippen LogP contribution in [-0.4, -0.2) is 40.0 Å². The second-order valence-electron chi connectivity index (χ2n) is 5.54. The quantitative estimate of drug-likeness (QED) is 0.887. The van der Waals surface area contributed by atoms with Gasteiger partial charge in [-0.05, 0) is 38.6 Å². The molecule has 2 rings (SSSR count). The predicted molar refractivity (Wildman–Crippen MR) is 83.1 cm³/mol. The van der Waals surface area contributed by atoms with Crippen molar-refractivity contribution in [2.45, 2.75) is 26.4 Å². The minimum Gasteiger partial charge on any atom is -0.351 e. The lowest BCUT2D eigenvalue weighted by Crippen LogP contribution is -2.38. The highest BCUT2D eigenvalue weighted by Crippen LogP contribution is 2.14. The van der Waals surface area contributed by atoms with Gasteiger partial charge >= 0.3 is 0 Å². The molecule has 5 nitrogen and oxygen atoms in total. The summed E-state index contributed by atoms with van der Waals surface area (Å²) in [6.07, 6.45) is 4.82. The Hall–Kier alpha value is -2.21. The third-order valence-corrected chi connectivity index (χ3v) is 3.56. The van der Waals surface area contributed by atoms with Crippen LogP contribution in [0.15, 0.2) is 36.9 Å².